The van der Waals surface area contributed by atoms with Gasteiger partial charge in [-0.2, -0.15) is 11.8 Å². The highest BCUT2D eigenvalue weighted by molar-refractivity contribution is 7.99. The molecule has 0 aliphatic heterocycles. The predicted molar refractivity (Wildman–Crippen MR) is 81.7 cm³/mol. The Labute approximate surface area is 121 Å². The highest BCUT2D eigenvalue weighted by atomic mass is 35.5. The maximum absolute atomic E-state index is 10.3. The summed E-state index contributed by atoms with van der Waals surface area (Å²) in [5, 5.41) is 0.648. The zero-order valence-electron chi connectivity index (χ0n) is 11.8. The molecule has 0 aliphatic carbocycles. The van der Waals surface area contributed by atoms with Crippen LogP contribution in [-0.2, 0) is 4.74 Å². The van der Waals surface area contributed by atoms with Crippen molar-refractivity contribution in [2.24, 2.45) is 0 Å². The first-order chi connectivity index (χ1) is 8.66. The minimum Gasteiger partial charge on any atom is -0.454 e. The Balaban J connectivity index is 3.16. The van der Waals surface area contributed by atoms with E-state index in [2.05, 4.69) is 13.8 Å². The molecule has 108 valence electrons. The second-order valence-corrected chi connectivity index (χ2v) is 6.53. The predicted octanol–water partition coefficient (Wildman–Crippen LogP) is 5.62. The SMILES string of the molecule is CCCCCCCCSC(C)CCCOC(=O)Cl. The van der Waals surface area contributed by atoms with E-state index in [9.17, 15) is 4.79 Å². The largest absolute Gasteiger partial charge is 0.454 e. The Morgan fingerprint density at radius 3 is 2.50 bits per heavy atom. The summed E-state index contributed by atoms with van der Waals surface area (Å²) < 4.78 is 4.69. The lowest BCUT2D eigenvalue weighted by Crippen LogP contribution is -2.02. The van der Waals surface area contributed by atoms with Crippen LogP contribution in [0.3, 0.4) is 0 Å². The van der Waals surface area contributed by atoms with Gasteiger partial charge in [0.2, 0.25) is 0 Å². The molecule has 0 rings (SSSR count). The van der Waals surface area contributed by atoms with Crippen LogP contribution in [-0.4, -0.2) is 23.0 Å². The lowest BCUT2D eigenvalue weighted by molar-refractivity contribution is 0.171. The number of rotatable bonds is 12. The molecule has 0 N–H and O–H groups in total. The smallest absolute Gasteiger partial charge is 0.403 e. The molecular formula is C14H27ClO2S. The third-order valence-corrected chi connectivity index (χ3v) is 4.31. The van der Waals surface area contributed by atoms with Crippen LogP contribution in [0.4, 0.5) is 4.79 Å². The molecule has 0 fully saturated rings. The molecule has 0 heterocycles. The number of unbranched alkanes of at least 4 members (excludes halogenated alkanes) is 5. The van der Waals surface area contributed by atoms with Gasteiger partial charge in [0.1, 0.15) is 0 Å². The number of hydrogen-bond acceptors (Lipinski definition) is 3. The maximum atomic E-state index is 10.3. The minimum absolute atomic E-state index is 0.449. The van der Waals surface area contributed by atoms with Gasteiger partial charge in [-0.1, -0.05) is 46.0 Å². The fourth-order valence-corrected chi connectivity index (χ4v) is 2.96. The molecule has 4 heteroatoms. The third kappa shape index (κ3) is 14.2. The number of thioether (sulfide) groups is 1. The number of halogens is 1. The summed E-state index contributed by atoms with van der Waals surface area (Å²) in [7, 11) is 0. The fourth-order valence-electron chi connectivity index (χ4n) is 1.77. The number of carbonyl (C=O) groups is 1. The van der Waals surface area contributed by atoms with Crippen LogP contribution in [0.2, 0.25) is 0 Å². The lowest BCUT2D eigenvalue weighted by atomic mass is 10.1. The van der Waals surface area contributed by atoms with E-state index in [1.165, 1.54) is 44.3 Å². The molecule has 0 aromatic carbocycles. The Morgan fingerprint density at radius 1 is 1.17 bits per heavy atom. The molecule has 2 nitrogen and oxygen atoms in total. The summed E-state index contributed by atoms with van der Waals surface area (Å²) in [6.45, 7) is 4.94. The van der Waals surface area contributed by atoms with E-state index in [1.807, 2.05) is 11.8 Å². The third-order valence-electron chi connectivity index (χ3n) is 2.87. The van der Waals surface area contributed by atoms with E-state index in [0.29, 0.717) is 11.9 Å². The van der Waals surface area contributed by atoms with E-state index in [4.69, 9.17) is 16.3 Å². The van der Waals surface area contributed by atoms with Crippen molar-refractivity contribution in [3.63, 3.8) is 0 Å². The Kier molecular flexibility index (Phi) is 13.6. The highest BCUT2D eigenvalue weighted by Crippen LogP contribution is 2.18. The molecule has 18 heavy (non-hydrogen) atoms. The van der Waals surface area contributed by atoms with Crippen molar-refractivity contribution < 1.29 is 9.53 Å². The summed E-state index contributed by atoms with van der Waals surface area (Å²) in [6.07, 6.45) is 10.2. The molecule has 1 atom stereocenters. The van der Waals surface area contributed by atoms with Gasteiger partial charge in [0.15, 0.2) is 0 Å². The van der Waals surface area contributed by atoms with Crippen molar-refractivity contribution in [1.82, 2.24) is 0 Å². The monoisotopic (exact) mass is 294 g/mol. The standard InChI is InChI=1S/C14H27ClO2S/c1-3-4-5-6-7-8-12-18-13(2)10-9-11-17-14(15)16/h13H,3-12H2,1-2H3. The maximum Gasteiger partial charge on any atom is 0.403 e. The van der Waals surface area contributed by atoms with Gasteiger partial charge in [0.05, 0.1) is 6.61 Å². The molecular weight excluding hydrogens is 268 g/mol. The van der Waals surface area contributed by atoms with Gasteiger partial charge in [-0.15, -0.1) is 0 Å². The van der Waals surface area contributed by atoms with E-state index in [-0.39, 0.29) is 0 Å². The molecule has 0 bridgehead atoms. The molecule has 0 spiro atoms. The summed E-state index contributed by atoms with van der Waals surface area (Å²) in [5.74, 6) is 1.25. The highest BCUT2D eigenvalue weighted by Gasteiger charge is 2.03. The summed E-state index contributed by atoms with van der Waals surface area (Å²) in [4.78, 5) is 10.3. The first-order valence-electron chi connectivity index (χ1n) is 7.10. The van der Waals surface area contributed by atoms with Gasteiger partial charge in [0, 0.05) is 16.9 Å². The average Bonchev–Trinajstić information content (AvgIpc) is 2.33. The lowest BCUT2D eigenvalue weighted by Gasteiger charge is -2.10. The van der Waals surface area contributed by atoms with Crippen LogP contribution in [0.15, 0.2) is 0 Å². The molecule has 0 aliphatic rings. The Morgan fingerprint density at radius 2 is 1.83 bits per heavy atom. The molecule has 0 radical (unpaired) electrons. The Bertz CT molecular complexity index is 200. The zero-order valence-corrected chi connectivity index (χ0v) is 13.3. The van der Waals surface area contributed by atoms with Gasteiger partial charge in [-0.25, -0.2) is 4.79 Å². The molecule has 0 aromatic heterocycles. The van der Waals surface area contributed by atoms with Crippen LogP contribution >= 0.6 is 23.4 Å². The van der Waals surface area contributed by atoms with Crippen LogP contribution in [0.5, 0.6) is 0 Å². The molecule has 0 saturated carbocycles. The van der Waals surface area contributed by atoms with Gasteiger partial charge >= 0.3 is 5.43 Å². The first kappa shape index (κ1) is 18.1. The number of ether oxygens (including phenoxy) is 1. The van der Waals surface area contributed by atoms with Crippen LogP contribution in [0.1, 0.15) is 65.2 Å². The minimum atomic E-state index is -0.692. The van der Waals surface area contributed by atoms with E-state index < -0.39 is 5.43 Å². The second-order valence-electron chi connectivity index (χ2n) is 4.68. The molecule has 0 aromatic rings. The van der Waals surface area contributed by atoms with Crippen molar-refractivity contribution >= 4 is 28.8 Å². The molecule has 0 amide bonds. The van der Waals surface area contributed by atoms with Crippen LogP contribution in [0, 0.1) is 0 Å². The second kappa shape index (κ2) is 13.5. The quantitative estimate of drug-likeness (QED) is 0.345. The van der Waals surface area contributed by atoms with Crippen LogP contribution < -0.4 is 0 Å². The molecule has 1 unspecified atom stereocenters. The summed E-state index contributed by atoms with van der Waals surface area (Å²) >= 11 is 7.11. The number of hydrogen-bond donors (Lipinski definition) is 0. The fraction of sp³-hybridized carbons (Fsp3) is 0.929. The van der Waals surface area contributed by atoms with Crippen molar-refractivity contribution in [2.75, 3.05) is 12.4 Å². The van der Waals surface area contributed by atoms with Crippen molar-refractivity contribution in [2.45, 2.75) is 70.5 Å². The topological polar surface area (TPSA) is 26.3 Å². The Hall–Kier alpha value is 0.110. The summed E-state index contributed by atoms with van der Waals surface area (Å²) in [5.41, 5.74) is -0.692. The molecule has 0 saturated heterocycles. The van der Waals surface area contributed by atoms with Crippen molar-refractivity contribution in [1.29, 1.82) is 0 Å². The first-order valence-corrected chi connectivity index (χ1v) is 8.53. The number of carbonyl (C=O) groups excluding carboxylic acids is 1. The summed E-state index contributed by atoms with van der Waals surface area (Å²) in [6, 6.07) is 0. The van der Waals surface area contributed by atoms with E-state index >= 15 is 0 Å². The van der Waals surface area contributed by atoms with Gasteiger partial charge in [-0.05, 0) is 25.0 Å². The van der Waals surface area contributed by atoms with Gasteiger partial charge in [-0.3, -0.25) is 0 Å². The van der Waals surface area contributed by atoms with E-state index in [0.717, 1.165) is 12.8 Å². The normalized spacial score (nSPS) is 12.4. The van der Waals surface area contributed by atoms with Gasteiger partial charge < -0.3 is 4.74 Å². The average molecular weight is 295 g/mol. The zero-order chi connectivity index (χ0) is 13.6. The van der Waals surface area contributed by atoms with E-state index in [1.54, 1.807) is 0 Å². The van der Waals surface area contributed by atoms with Crippen molar-refractivity contribution in [3.05, 3.63) is 0 Å². The van der Waals surface area contributed by atoms with Crippen molar-refractivity contribution in [3.8, 4) is 0 Å². The van der Waals surface area contributed by atoms with Crippen LogP contribution in [0.25, 0.3) is 0 Å². The van der Waals surface area contributed by atoms with Gasteiger partial charge in [0.25, 0.3) is 0 Å².